The molecule has 1 aliphatic rings. The molecule has 2 aromatic rings. The van der Waals surface area contributed by atoms with Gasteiger partial charge in [-0.2, -0.15) is 0 Å². The van der Waals surface area contributed by atoms with Crippen molar-refractivity contribution in [3.8, 4) is 0 Å². The normalized spacial score (nSPS) is 21.5. The van der Waals surface area contributed by atoms with Gasteiger partial charge in [-0.1, -0.05) is 11.6 Å². The van der Waals surface area contributed by atoms with E-state index in [4.69, 9.17) is 21.8 Å². The minimum atomic E-state index is -1.26. The molecule has 22 heavy (non-hydrogen) atoms. The van der Waals surface area contributed by atoms with Gasteiger partial charge in [0.25, 0.3) is 5.91 Å². The standard InChI is InChI=1S/C15H14ClFN2O3/c1-7-10-4-8(16)2-3-12(10)22-13(7)15(21)19-6-9(17)5-11(19)14(18)20/h2-4,9,11H,5-6H2,1H3,(H2,18,20)/t9-,11+/m1/s1. The van der Waals surface area contributed by atoms with Gasteiger partial charge in [-0.25, -0.2) is 4.39 Å². The van der Waals surface area contributed by atoms with Gasteiger partial charge in [0, 0.05) is 22.4 Å². The van der Waals surface area contributed by atoms with E-state index >= 15 is 0 Å². The first-order chi connectivity index (χ1) is 10.4. The Balaban J connectivity index is 2.02. The van der Waals surface area contributed by atoms with Crippen LogP contribution < -0.4 is 5.73 Å². The number of aryl methyl sites for hydroxylation is 1. The predicted octanol–water partition coefficient (Wildman–Crippen LogP) is 2.43. The third-order valence-electron chi connectivity index (χ3n) is 3.93. The number of amides is 2. The highest BCUT2D eigenvalue weighted by Gasteiger charge is 2.40. The second kappa shape index (κ2) is 5.28. The van der Waals surface area contributed by atoms with E-state index in [1.807, 2.05) is 0 Å². The van der Waals surface area contributed by atoms with E-state index in [1.165, 1.54) is 0 Å². The van der Waals surface area contributed by atoms with Gasteiger partial charge in [0.15, 0.2) is 5.76 Å². The SMILES string of the molecule is Cc1c(C(=O)N2C[C@H](F)C[C@H]2C(N)=O)oc2ccc(Cl)cc12. The van der Waals surface area contributed by atoms with Crippen LogP contribution in [0.4, 0.5) is 4.39 Å². The zero-order valence-electron chi connectivity index (χ0n) is 11.8. The maximum absolute atomic E-state index is 13.6. The Bertz CT molecular complexity index is 773. The number of fused-ring (bicyclic) bond motifs is 1. The Labute approximate surface area is 130 Å². The lowest BCUT2D eigenvalue weighted by atomic mass is 10.1. The zero-order chi connectivity index (χ0) is 16.0. The van der Waals surface area contributed by atoms with E-state index in [0.717, 1.165) is 4.90 Å². The van der Waals surface area contributed by atoms with Crippen LogP contribution in [0.3, 0.4) is 0 Å². The molecule has 2 N–H and O–H groups in total. The van der Waals surface area contributed by atoms with Crippen LogP contribution in [0.15, 0.2) is 22.6 Å². The average Bonchev–Trinajstić information content (AvgIpc) is 3.00. The second-order valence-corrected chi connectivity index (χ2v) is 5.84. The summed E-state index contributed by atoms with van der Waals surface area (Å²) in [4.78, 5) is 25.2. The van der Waals surface area contributed by atoms with Crippen LogP contribution >= 0.6 is 11.6 Å². The Morgan fingerprint density at radius 2 is 2.18 bits per heavy atom. The highest BCUT2D eigenvalue weighted by Crippen LogP contribution is 2.30. The molecule has 0 saturated carbocycles. The number of likely N-dealkylation sites (tertiary alicyclic amines) is 1. The lowest BCUT2D eigenvalue weighted by Crippen LogP contribution is -2.43. The summed E-state index contributed by atoms with van der Waals surface area (Å²) in [5, 5.41) is 1.23. The maximum Gasteiger partial charge on any atom is 0.290 e. The Morgan fingerprint density at radius 3 is 2.86 bits per heavy atom. The number of hydrogen-bond donors (Lipinski definition) is 1. The number of furan rings is 1. The first-order valence-corrected chi connectivity index (χ1v) is 7.19. The first kappa shape index (κ1) is 14.8. The second-order valence-electron chi connectivity index (χ2n) is 5.41. The molecule has 116 valence electrons. The minimum Gasteiger partial charge on any atom is -0.451 e. The van der Waals surface area contributed by atoms with Crippen molar-refractivity contribution in [2.45, 2.75) is 25.6 Å². The summed E-state index contributed by atoms with van der Waals surface area (Å²) < 4.78 is 19.1. The molecule has 1 aliphatic heterocycles. The molecule has 7 heteroatoms. The molecule has 0 bridgehead atoms. The van der Waals surface area contributed by atoms with Gasteiger partial charge >= 0.3 is 0 Å². The van der Waals surface area contributed by atoms with Crippen molar-refractivity contribution in [3.05, 3.63) is 34.5 Å². The molecule has 2 heterocycles. The lowest BCUT2D eigenvalue weighted by Gasteiger charge is -2.20. The highest BCUT2D eigenvalue weighted by atomic mass is 35.5. The van der Waals surface area contributed by atoms with Gasteiger partial charge in [0.05, 0.1) is 6.54 Å². The summed E-state index contributed by atoms with van der Waals surface area (Å²) >= 11 is 5.94. The molecular formula is C15H14ClFN2O3. The lowest BCUT2D eigenvalue weighted by molar-refractivity contribution is -0.121. The summed E-state index contributed by atoms with van der Waals surface area (Å²) in [6, 6.07) is 4.06. The number of carbonyl (C=O) groups excluding carboxylic acids is 2. The van der Waals surface area contributed by atoms with Crippen LogP contribution in [0.1, 0.15) is 22.5 Å². The molecule has 5 nitrogen and oxygen atoms in total. The molecule has 2 atom stereocenters. The van der Waals surface area contributed by atoms with Gasteiger partial charge in [-0.15, -0.1) is 0 Å². The fraction of sp³-hybridized carbons (Fsp3) is 0.333. The van der Waals surface area contributed by atoms with Crippen molar-refractivity contribution < 1.29 is 18.4 Å². The van der Waals surface area contributed by atoms with Crippen LogP contribution in [0.2, 0.25) is 5.02 Å². The quantitative estimate of drug-likeness (QED) is 0.921. The van der Waals surface area contributed by atoms with Crippen LogP contribution in [-0.4, -0.2) is 35.5 Å². The van der Waals surface area contributed by atoms with Gasteiger partial charge in [0.1, 0.15) is 17.8 Å². The molecular weight excluding hydrogens is 311 g/mol. The van der Waals surface area contributed by atoms with E-state index < -0.39 is 24.0 Å². The minimum absolute atomic E-state index is 0.0772. The summed E-state index contributed by atoms with van der Waals surface area (Å²) in [6.07, 6.45) is -1.34. The van der Waals surface area contributed by atoms with Gasteiger partial charge in [-0.3, -0.25) is 9.59 Å². The maximum atomic E-state index is 13.6. The number of nitrogens with two attached hydrogens (primary N) is 1. The van der Waals surface area contributed by atoms with E-state index in [-0.39, 0.29) is 18.7 Å². The Kier molecular flexibility index (Phi) is 3.56. The van der Waals surface area contributed by atoms with Crippen molar-refractivity contribution in [1.29, 1.82) is 0 Å². The number of carbonyl (C=O) groups is 2. The predicted molar refractivity (Wildman–Crippen MR) is 79.5 cm³/mol. The van der Waals surface area contributed by atoms with Crippen molar-refractivity contribution in [2.24, 2.45) is 5.73 Å². The third-order valence-corrected chi connectivity index (χ3v) is 4.17. The van der Waals surface area contributed by atoms with Gasteiger partial charge in [0.2, 0.25) is 5.91 Å². The number of halogens is 2. The largest absolute Gasteiger partial charge is 0.451 e. The van der Waals surface area contributed by atoms with Crippen molar-refractivity contribution in [1.82, 2.24) is 4.90 Å². The Hall–Kier alpha value is -2.08. The topological polar surface area (TPSA) is 76.5 Å². The highest BCUT2D eigenvalue weighted by molar-refractivity contribution is 6.31. The summed E-state index contributed by atoms with van der Waals surface area (Å²) in [5.41, 5.74) is 6.37. The number of hydrogen-bond acceptors (Lipinski definition) is 3. The fourth-order valence-corrected chi connectivity index (χ4v) is 2.98. The molecule has 0 unspecified atom stereocenters. The fourth-order valence-electron chi connectivity index (χ4n) is 2.81. The summed E-state index contributed by atoms with van der Waals surface area (Å²) in [6.45, 7) is 1.56. The molecule has 1 aromatic heterocycles. The number of nitrogens with zero attached hydrogens (tertiary/aromatic N) is 1. The smallest absolute Gasteiger partial charge is 0.290 e. The van der Waals surface area contributed by atoms with E-state index in [9.17, 15) is 14.0 Å². The van der Waals surface area contributed by atoms with Crippen LogP contribution in [0, 0.1) is 6.92 Å². The third kappa shape index (κ3) is 2.33. The number of benzene rings is 1. The molecule has 1 fully saturated rings. The van der Waals surface area contributed by atoms with Crippen LogP contribution in [-0.2, 0) is 4.79 Å². The molecule has 0 spiro atoms. The molecule has 2 amide bonds. The number of primary amides is 1. The molecule has 3 rings (SSSR count). The first-order valence-electron chi connectivity index (χ1n) is 6.81. The summed E-state index contributed by atoms with van der Waals surface area (Å²) in [7, 11) is 0. The van der Waals surface area contributed by atoms with E-state index in [0.29, 0.717) is 21.6 Å². The average molecular weight is 325 g/mol. The molecule has 1 saturated heterocycles. The molecule has 1 aromatic carbocycles. The number of alkyl halides is 1. The molecule has 0 radical (unpaired) electrons. The van der Waals surface area contributed by atoms with Gasteiger partial charge in [-0.05, 0) is 25.1 Å². The van der Waals surface area contributed by atoms with E-state index in [2.05, 4.69) is 0 Å². The zero-order valence-corrected chi connectivity index (χ0v) is 12.6. The van der Waals surface area contributed by atoms with Crippen molar-refractivity contribution in [3.63, 3.8) is 0 Å². The molecule has 0 aliphatic carbocycles. The summed E-state index contributed by atoms with van der Waals surface area (Å²) in [5.74, 6) is -1.17. The van der Waals surface area contributed by atoms with Crippen LogP contribution in [0.25, 0.3) is 11.0 Å². The monoisotopic (exact) mass is 324 g/mol. The van der Waals surface area contributed by atoms with E-state index in [1.54, 1.807) is 25.1 Å². The van der Waals surface area contributed by atoms with Crippen molar-refractivity contribution >= 4 is 34.4 Å². The van der Waals surface area contributed by atoms with Crippen molar-refractivity contribution in [2.75, 3.05) is 6.54 Å². The van der Waals surface area contributed by atoms with Crippen LogP contribution in [0.5, 0.6) is 0 Å². The van der Waals surface area contributed by atoms with Gasteiger partial charge < -0.3 is 15.1 Å². The number of rotatable bonds is 2. The Morgan fingerprint density at radius 1 is 1.45 bits per heavy atom.